The number of aryl methyl sites for hydroxylation is 1. The van der Waals surface area contributed by atoms with Crippen molar-refractivity contribution < 1.29 is 35.8 Å². The first-order valence-corrected chi connectivity index (χ1v) is 10.3. The average molecular weight is 525 g/mol. The summed E-state index contributed by atoms with van der Waals surface area (Å²) >= 11 is 0. The summed E-state index contributed by atoms with van der Waals surface area (Å²) in [6, 6.07) is 3.80. The minimum atomic E-state index is -4.72. The third-order valence-electron chi connectivity index (χ3n) is 4.99. The van der Waals surface area contributed by atoms with Gasteiger partial charge in [-0.1, -0.05) is 0 Å². The molecule has 3 aromatic heterocycles. The molecule has 0 atom stereocenters. The van der Waals surface area contributed by atoms with Gasteiger partial charge < -0.3 is 14.8 Å². The van der Waals surface area contributed by atoms with Gasteiger partial charge in [0.05, 0.1) is 19.8 Å². The maximum atomic E-state index is 13.3. The topological polar surface area (TPSA) is 99.9 Å². The van der Waals surface area contributed by atoms with Crippen molar-refractivity contribution in [1.29, 1.82) is 0 Å². The van der Waals surface area contributed by atoms with Crippen LogP contribution in [0.1, 0.15) is 17.0 Å². The SMILES string of the molecule is COc1cc(Nc2ncc(-c3cnc(OC)nc3)c(-n3nc(C(F)(F)F)cc3C)n2)cc(C(F)(F)F)c1. The van der Waals surface area contributed by atoms with Crippen molar-refractivity contribution in [3.63, 3.8) is 0 Å². The molecule has 194 valence electrons. The summed E-state index contributed by atoms with van der Waals surface area (Å²) in [6.07, 6.45) is -5.42. The third-order valence-corrected chi connectivity index (χ3v) is 4.99. The van der Waals surface area contributed by atoms with Gasteiger partial charge in [0.25, 0.3) is 0 Å². The number of aromatic nitrogens is 6. The van der Waals surface area contributed by atoms with Crippen molar-refractivity contribution in [2.45, 2.75) is 19.3 Å². The highest BCUT2D eigenvalue weighted by molar-refractivity contribution is 5.70. The summed E-state index contributed by atoms with van der Waals surface area (Å²) < 4.78 is 90.7. The predicted octanol–water partition coefficient (Wildman–Crippen LogP) is 5.23. The molecule has 0 radical (unpaired) electrons. The molecule has 1 N–H and O–H groups in total. The molecule has 4 rings (SSSR count). The van der Waals surface area contributed by atoms with E-state index in [1.165, 1.54) is 45.8 Å². The number of hydrogen-bond donors (Lipinski definition) is 1. The van der Waals surface area contributed by atoms with Crippen molar-refractivity contribution in [3.8, 4) is 28.7 Å². The van der Waals surface area contributed by atoms with Crippen LogP contribution < -0.4 is 14.8 Å². The van der Waals surface area contributed by atoms with Gasteiger partial charge in [0, 0.05) is 47.2 Å². The number of benzene rings is 1. The van der Waals surface area contributed by atoms with Gasteiger partial charge in [0.15, 0.2) is 11.5 Å². The summed E-state index contributed by atoms with van der Waals surface area (Å²) in [5, 5.41) is 6.27. The fraction of sp³-hybridized carbons (Fsp3) is 0.227. The number of nitrogens with zero attached hydrogens (tertiary/aromatic N) is 6. The Labute approximate surface area is 205 Å². The lowest BCUT2D eigenvalue weighted by molar-refractivity contribution is -0.141. The number of rotatable bonds is 6. The lowest BCUT2D eigenvalue weighted by Crippen LogP contribution is -2.11. The van der Waals surface area contributed by atoms with Crippen molar-refractivity contribution in [2.75, 3.05) is 19.5 Å². The molecule has 0 unspecified atom stereocenters. The Morgan fingerprint density at radius 3 is 2.11 bits per heavy atom. The first kappa shape index (κ1) is 25.7. The molecular weight excluding hydrogens is 508 g/mol. The van der Waals surface area contributed by atoms with Crippen LogP contribution in [0, 0.1) is 6.92 Å². The van der Waals surface area contributed by atoms with Gasteiger partial charge >= 0.3 is 18.4 Å². The molecule has 0 spiro atoms. The normalized spacial score (nSPS) is 11.9. The van der Waals surface area contributed by atoms with Crippen LogP contribution in [0.3, 0.4) is 0 Å². The number of ether oxygens (including phenoxy) is 2. The van der Waals surface area contributed by atoms with Gasteiger partial charge in [-0.15, -0.1) is 0 Å². The second-order valence-corrected chi connectivity index (χ2v) is 7.54. The number of hydrogen-bond acceptors (Lipinski definition) is 8. The van der Waals surface area contributed by atoms with E-state index in [9.17, 15) is 26.3 Å². The van der Waals surface area contributed by atoms with E-state index < -0.39 is 23.6 Å². The van der Waals surface area contributed by atoms with Crippen LogP contribution in [0.2, 0.25) is 0 Å². The fourth-order valence-electron chi connectivity index (χ4n) is 3.27. The summed E-state index contributed by atoms with van der Waals surface area (Å²) in [7, 11) is 2.57. The van der Waals surface area contributed by atoms with Gasteiger partial charge in [0.2, 0.25) is 5.95 Å². The quantitative estimate of drug-likeness (QED) is 0.342. The van der Waals surface area contributed by atoms with Crippen molar-refractivity contribution in [1.82, 2.24) is 29.7 Å². The summed E-state index contributed by atoms with van der Waals surface area (Å²) in [4.78, 5) is 16.3. The van der Waals surface area contributed by atoms with E-state index in [1.54, 1.807) is 0 Å². The molecule has 0 bridgehead atoms. The summed E-state index contributed by atoms with van der Waals surface area (Å²) in [5.41, 5.74) is -1.59. The molecule has 0 aliphatic heterocycles. The van der Waals surface area contributed by atoms with Crippen LogP contribution in [0.5, 0.6) is 11.8 Å². The first-order valence-electron chi connectivity index (χ1n) is 10.3. The molecule has 0 amide bonds. The minimum absolute atomic E-state index is 0.0534. The number of nitrogens with one attached hydrogen (secondary N) is 1. The van der Waals surface area contributed by atoms with Crippen LogP contribution in [-0.2, 0) is 12.4 Å². The van der Waals surface area contributed by atoms with Gasteiger partial charge in [-0.3, -0.25) is 0 Å². The Kier molecular flexibility index (Phi) is 6.62. The average Bonchev–Trinajstić information content (AvgIpc) is 3.25. The molecular formula is C22H17F6N7O2. The van der Waals surface area contributed by atoms with Crippen LogP contribution >= 0.6 is 0 Å². The Bertz CT molecular complexity index is 1420. The second-order valence-electron chi connectivity index (χ2n) is 7.54. The Morgan fingerprint density at radius 2 is 1.54 bits per heavy atom. The lowest BCUT2D eigenvalue weighted by atomic mass is 10.1. The van der Waals surface area contributed by atoms with Crippen LogP contribution in [-0.4, -0.2) is 43.9 Å². The zero-order valence-electron chi connectivity index (χ0n) is 19.3. The molecule has 15 heteroatoms. The molecule has 1 aromatic carbocycles. The van der Waals surface area contributed by atoms with E-state index in [0.29, 0.717) is 5.56 Å². The third kappa shape index (κ3) is 5.54. The monoisotopic (exact) mass is 525 g/mol. The van der Waals surface area contributed by atoms with Gasteiger partial charge in [-0.2, -0.15) is 36.4 Å². The number of methoxy groups -OCH3 is 2. The minimum Gasteiger partial charge on any atom is -0.497 e. The van der Waals surface area contributed by atoms with Crippen LogP contribution in [0.15, 0.2) is 42.9 Å². The number of halogens is 6. The number of alkyl halides is 6. The zero-order chi connectivity index (χ0) is 27.0. The first-order chi connectivity index (χ1) is 17.4. The Balaban J connectivity index is 1.83. The molecule has 0 fully saturated rings. The Morgan fingerprint density at radius 1 is 0.838 bits per heavy atom. The van der Waals surface area contributed by atoms with Crippen LogP contribution in [0.4, 0.5) is 38.0 Å². The molecule has 0 saturated carbocycles. The standard InChI is InChI=1S/C22H17F6N7O2/c1-11-4-17(22(26,27)28)34-35(11)18-16(12-8-30-20(37-3)31-9-12)10-29-19(33-18)32-14-5-13(21(23,24)25)6-15(7-14)36-2/h4-10H,1-3H3,(H,29,32,33). The maximum Gasteiger partial charge on any atom is 0.435 e. The van der Waals surface area contributed by atoms with E-state index in [2.05, 4.69) is 30.4 Å². The lowest BCUT2D eigenvalue weighted by Gasteiger charge is -2.14. The fourth-order valence-corrected chi connectivity index (χ4v) is 3.27. The Hall–Kier alpha value is -4.43. The van der Waals surface area contributed by atoms with Gasteiger partial charge in [0.1, 0.15) is 5.75 Å². The zero-order valence-corrected chi connectivity index (χ0v) is 19.3. The van der Waals surface area contributed by atoms with E-state index in [-0.39, 0.29) is 40.5 Å². The van der Waals surface area contributed by atoms with E-state index in [1.807, 2.05) is 0 Å². The molecule has 0 aliphatic carbocycles. The molecule has 0 aliphatic rings. The predicted molar refractivity (Wildman–Crippen MR) is 118 cm³/mol. The van der Waals surface area contributed by atoms with Crippen molar-refractivity contribution in [2.24, 2.45) is 0 Å². The summed E-state index contributed by atoms with van der Waals surface area (Å²) in [6.45, 7) is 1.39. The largest absolute Gasteiger partial charge is 0.497 e. The van der Waals surface area contributed by atoms with E-state index in [4.69, 9.17) is 9.47 Å². The maximum absolute atomic E-state index is 13.3. The highest BCUT2D eigenvalue weighted by atomic mass is 19.4. The van der Waals surface area contributed by atoms with E-state index in [0.717, 1.165) is 22.9 Å². The smallest absolute Gasteiger partial charge is 0.435 e. The molecule has 37 heavy (non-hydrogen) atoms. The number of anilines is 2. The molecule has 4 aromatic rings. The molecule has 3 heterocycles. The van der Waals surface area contributed by atoms with Crippen LogP contribution in [0.25, 0.3) is 16.9 Å². The van der Waals surface area contributed by atoms with E-state index >= 15 is 0 Å². The summed E-state index contributed by atoms with van der Waals surface area (Å²) in [5.74, 6) is -0.390. The second kappa shape index (κ2) is 9.55. The highest BCUT2D eigenvalue weighted by Gasteiger charge is 2.35. The van der Waals surface area contributed by atoms with Crippen molar-refractivity contribution >= 4 is 11.6 Å². The molecule has 0 saturated heterocycles. The highest BCUT2D eigenvalue weighted by Crippen LogP contribution is 2.35. The molecule has 9 nitrogen and oxygen atoms in total. The van der Waals surface area contributed by atoms with Gasteiger partial charge in [-0.05, 0) is 25.1 Å². The van der Waals surface area contributed by atoms with Gasteiger partial charge in [-0.25, -0.2) is 19.6 Å². The van der Waals surface area contributed by atoms with Crippen molar-refractivity contribution in [3.05, 3.63) is 59.8 Å².